The van der Waals surface area contributed by atoms with Gasteiger partial charge in [-0.05, 0) is 37.0 Å². The summed E-state index contributed by atoms with van der Waals surface area (Å²) >= 11 is 12.0. The highest BCUT2D eigenvalue weighted by molar-refractivity contribution is 14.0. The van der Waals surface area contributed by atoms with Gasteiger partial charge in [-0.15, -0.1) is 24.0 Å². The van der Waals surface area contributed by atoms with Crippen LogP contribution in [0.15, 0.2) is 23.2 Å². The Hall–Kier alpha value is -0.290. The van der Waals surface area contributed by atoms with Gasteiger partial charge in [-0.3, -0.25) is 4.99 Å². The molecule has 0 radical (unpaired) electrons. The van der Waals surface area contributed by atoms with Crippen LogP contribution in [0, 0.1) is 0 Å². The molecule has 0 fully saturated rings. The normalized spacial score (nSPS) is 11.8. The number of halogens is 3. The fourth-order valence-corrected chi connectivity index (χ4v) is 3.00. The fraction of sp³-hybridized carbons (Fsp3) is 0.533. The van der Waals surface area contributed by atoms with Crippen LogP contribution in [0.5, 0.6) is 0 Å². The predicted molar refractivity (Wildman–Crippen MR) is 117 cm³/mol. The smallest absolute Gasteiger partial charge is 0.208 e. The first-order valence-electron chi connectivity index (χ1n) is 7.65. The molecule has 0 aliphatic rings. The maximum atomic E-state index is 10.9. The van der Waals surface area contributed by atoms with E-state index in [1.165, 1.54) is 0 Å². The highest BCUT2D eigenvalue weighted by atomic mass is 127. The third-order valence-electron chi connectivity index (χ3n) is 3.16. The second kappa shape index (κ2) is 13.0. The number of benzene rings is 1. The first-order valence-corrected chi connectivity index (χ1v) is 10.3. The molecule has 0 saturated carbocycles. The molecule has 0 aromatic heterocycles. The number of rotatable bonds is 9. The summed E-state index contributed by atoms with van der Waals surface area (Å²) in [5, 5.41) is 7.66. The number of sulfonamides is 1. The van der Waals surface area contributed by atoms with Crippen LogP contribution in [0.4, 0.5) is 0 Å². The minimum Gasteiger partial charge on any atom is -0.356 e. The van der Waals surface area contributed by atoms with Gasteiger partial charge in [0.25, 0.3) is 0 Å². The van der Waals surface area contributed by atoms with Crippen molar-refractivity contribution in [3.05, 3.63) is 33.8 Å². The quantitative estimate of drug-likeness (QED) is 0.201. The van der Waals surface area contributed by atoms with Crippen molar-refractivity contribution < 1.29 is 8.42 Å². The average molecular weight is 523 g/mol. The monoisotopic (exact) mass is 522 g/mol. The highest BCUT2D eigenvalue weighted by Gasteiger charge is 2.03. The molecule has 25 heavy (non-hydrogen) atoms. The fourth-order valence-electron chi connectivity index (χ4n) is 1.98. The molecule has 0 atom stereocenters. The van der Waals surface area contributed by atoms with Gasteiger partial charge in [-0.25, -0.2) is 13.1 Å². The van der Waals surface area contributed by atoms with Gasteiger partial charge in [0.2, 0.25) is 10.0 Å². The molecule has 6 nitrogen and oxygen atoms in total. The molecule has 1 aromatic carbocycles. The molecular weight excluding hydrogens is 498 g/mol. The van der Waals surface area contributed by atoms with Crippen LogP contribution >= 0.6 is 47.2 Å². The minimum atomic E-state index is -3.12. The summed E-state index contributed by atoms with van der Waals surface area (Å²) in [5.74, 6) is 0.691. The number of nitrogens with one attached hydrogen (secondary N) is 3. The first kappa shape index (κ1) is 24.7. The minimum absolute atomic E-state index is 0. The Morgan fingerprint density at radius 2 is 1.76 bits per heavy atom. The van der Waals surface area contributed by atoms with E-state index in [1.54, 1.807) is 13.1 Å². The molecule has 1 rings (SSSR count). The van der Waals surface area contributed by atoms with E-state index < -0.39 is 10.0 Å². The molecule has 0 amide bonds. The molecule has 144 valence electrons. The molecule has 0 spiro atoms. The molecule has 1 aromatic rings. The lowest BCUT2D eigenvalue weighted by atomic mass is 10.1. The number of nitrogens with zero attached hydrogens (tertiary/aromatic N) is 1. The van der Waals surface area contributed by atoms with E-state index >= 15 is 0 Å². The Morgan fingerprint density at radius 1 is 1.12 bits per heavy atom. The number of guanidine groups is 1. The van der Waals surface area contributed by atoms with Crippen molar-refractivity contribution in [3.8, 4) is 0 Å². The van der Waals surface area contributed by atoms with Gasteiger partial charge in [-0.2, -0.15) is 0 Å². The number of aryl methyl sites for hydroxylation is 1. The number of hydrogen-bond acceptors (Lipinski definition) is 3. The van der Waals surface area contributed by atoms with Crippen molar-refractivity contribution in [1.82, 2.24) is 15.4 Å². The largest absolute Gasteiger partial charge is 0.356 e. The van der Waals surface area contributed by atoms with E-state index in [4.69, 9.17) is 23.2 Å². The van der Waals surface area contributed by atoms with Crippen LogP contribution in [-0.2, 0) is 16.4 Å². The van der Waals surface area contributed by atoms with Crippen molar-refractivity contribution in [2.45, 2.75) is 19.3 Å². The van der Waals surface area contributed by atoms with Crippen molar-refractivity contribution in [3.63, 3.8) is 0 Å². The summed E-state index contributed by atoms with van der Waals surface area (Å²) < 4.78 is 24.3. The Balaban J connectivity index is 0.00000576. The van der Waals surface area contributed by atoms with Crippen LogP contribution < -0.4 is 15.4 Å². The summed E-state index contributed by atoms with van der Waals surface area (Å²) in [7, 11) is -1.43. The average Bonchev–Trinajstić information content (AvgIpc) is 2.49. The Labute approximate surface area is 177 Å². The summed E-state index contributed by atoms with van der Waals surface area (Å²) in [6, 6.07) is 5.52. The summed E-state index contributed by atoms with van der Waals surface area (Å²) in [4.78, 5) is 4.12. The van der Waals surface area contributed by atoms with Crippen LogP contribution in [0.2, 0.25) is 10.0 Å². The number of hydrogen-bond donors (Lipinski definition) is 3. The zero-order valence-corrected chi connectivity index (χ0v) is 19.0. The van der Waals surface area contributed by atoms with Gasteiger partial charge in [0.15, 0.2) is 5.96 Å². The lowest BCUT2D eigenvalue weighted by molar-refractivity contribution is 0.584. The molecule has 3 N–H and O–H groups in total. The SMILES string of the molecule is CN=C(NCCCNS(C)(=O)=O)NCCCc1ccc(Cl)cc1Cl.I. The standard InChI is InChI=1S/C15H24Cl2N4O2S.HI/c1-18-15(20-9-4-10-21-24(2,22)23)19-8-3-5-12-6-7-13(16)11-14(12)17;/h6-7,11,21H,3-5,8-10H2,1-2H3,(H2,18,19,20);1H. The molecule has 0 aliphatic carbocycles. The topological polar surface area (TPSA) is 82.6 Å². The second-order valence-corrected chi connectivity index (χ2v) is 7.96. The van der Waals surface area contributed by atoms with Gasteiger partial charge in [0.05, 0.1) is 6.26 Å². The lowest BCUT2D eigenvalue weighted by Gasteiger charge is -2.12. The van der Waals surface area contributed by atoms with Crippen molar-refractivity contribution in [1.29, 1.82) is 0 Å². The van der Waals surface area contributed by atoms with Gasteiger partial charge in [0, 0.05) is 36.7 Å². The maximum absolute atomic E-state index is 10.9. The van der Waals surface area contributed by atoms with Crippen LogP contribution in [0.1, 0.15) is 18.4 Å². The van der Waals surface area contributed by atoms with Crippen LogP contribution in [-0.4, -0.2) is 47.3 Å². The maximum Gasteiger partial charge on any atom is 0.208 e. The van der Waals surface area contributed by atoms with E-state index in [2.05, 4.69) is 20.3 Å². The first-order chi connectivity index (χ1) is 11.3. The summed E-state index contributed by atoms with van der Waals surface area (Å²) in [5.41, 5.74) is 1.07. The van der Waals surface area contributed by atoms with Crippen molar-refractivity contribution >= 4 is 63.2 Å². The Kier molecular flexibility index (Phi) is 12.8. The second-order valence-electron chi connectivity index (χ2n) is 5.29. The summed E-state index contributed by atoms with van der Waals surface area (Å²) in [6.07, 6.45) is 3.57. The van der Waals surface area contributed by atoms with Crippen LogP contribution in [0.3, 0.4) is 0 Å². The zero-order valence-electron chi connectivity index (χ0n) is 14.3. The molecule has 0 unspecified atom stereocenters. The Morgan fingerprint density at radius 3 is 2.32 bits per heavy atom. The van der Waals surface area contributed by atoms with E-state index in [-0.39, 0.29) is 24.0 Å². The van der Waals surface area contributed by atoms with Crippen LogP contribution in [0.25, 0.3) is 0 Å². The third-order valence-corrected chi connectivity index (χ3v) is 4.48. The molecular formula is C15H25Cl2IN4O2S. The van der Waals surface area contributed by atoms with Gasteiger partial charge >= 0.3 is 0 Å². The summed E-state index contributed by atoms with van der Waals surface area (Å²) in [6.45, 7) is 1.78. The van der Waals surface area contributed by atoms with Gasteiger partial charge in [0.1, 0.15) is 0 Å². The molecule has 0 bridgehead atoms. The van der Waals surface area contributed by atoms with Gasteiger partial charge in [-0.1, -0.05) is 29.3 Å². The van der Waals surface area contributed by atoms with E-state index in [1.807, 2.05) is 12.1 Å². The van der Waals surface area contributed by atoms with E-state index in [9.17, 15) is 8.42 Å². The third kappa shape index (κ3) is 11.8. The van der Waals surface area contributed by atoms with E-state index in [0.29, 0.717) is 35.5 Å². The number of aliphatic imine (C=N–C) groups is 1. The molecule has 10 heteroatoms. The lowest BCUT2D eigenvalue weighted by Crippen LogP contribution is -2.39. The zero-order chi connectivity index (χ0) is 18.0. The van der Waals surface area contributed by atoms with Crippen molar-refractivity contribution in [2.24, 2.45) is 4.99 Å². The predicted octanol–water partition coefficient (Wildman–Crippen LogP) is 2.65. The molecule has 0 aliphatic heterocycles. The van der Waals surface area contributed by atoms with Crippen molar-refractivity contribution in [2.75, 3.05) is 32.9 Å². The van der Waals surface area contributed by atoms with Gasteiger partial charge < -0.3 is 10.6 Å². The molecule has 0 saturated heterocycles. The highest BCUT2D eigenvalue weighted by Crippen LogP contribution is 2.21. The molecule has 0 heterocycles. The van der Waals surface area contributed by atoms with E-state index in [0.717, 1.165) is 31.2 Å². The Bertz CT molecular complexity index is 657.